The van der Waals surface area contributed by atoms with Gasteiger partial charge in [-0.25, -0.2) is 9.50 Å². The summed E-state index contributed by atoms with van der Waals surface area (Å²) < 4.78 is 1.73. The summed E-state index contributed by atoms with van der Waals surface area (Å²) in [6.45, 7) is 4.40. The molecule has 30 heavy (non-hydrogen) atoms. The minimum Gasteiger partial charge on any atom is -0.308 e. The predicted molar refractivity (Wildman–Crippen MR) is 120 cm³/mol. The topological polar surface area (TPSA) is 63.4 Å². The Balaban J connectivity index is 1.68. The fourth-order valence-corrected chi connectivity index (χ4v) is 3.81. The maximum absolute atomic E-state index is 13.5. The van der Waals surface area contributed by atoms with Crippen LogP contribution in [0.1, 0.15) is 22.5 Å². The van der Waals surface area contributed by atoms with Gasteiger partial charge in [0.2, 0.25) is 11.1 Å². The molecule has 0 atom stereocenters. The van der Waals surface area contributed by atoms with Crippen molar-refractivity contribution in [1.82, 2.24) is 19.6 Å². The predicted octanol–water partition coefficient (Wildman–Crippen LogP) is 4.24. The third-order valence-corrected chi connectivity index (χ3v) is 5.63. The van der Waals surface area contributed by atoms with Crippen LogP contribution in [0.2, 0.25) is 0 Å². The van der Waals surface area contributed by atoms with Gasteiger partial charge in [0.15, 0.2) is 0 Å². The molecular formula is C23H23N5OS. The van der Waals surface area contributed by atoms with Gasteiger partial charge in [-0.05, 0) is 37.8 Å². The van der Waals surface area contributed by atoms with Crippen LogP contribution in [0.5, 0.6) is 0 Å². The zero-order valence-electron chi connectivity index (χ0n) is 17.2. The number of hydrogen-bond acceptors (Lipinski definition) is 5. The Morgan fingerprint density at radius 3 is 2.33 bits per heavy atom. The van der Waals surface area contributed by atoms with Crippen molar-refractivity contribution in [3.8, 4) is 0 Å². The monoisotopic (exact) mass is 417 g/mol. The Bertz CT molecular complexity index is 1170. The highest BCUT2D eigenvalue weighted by Crippen LogP contribution is 2.22. The van der Waals surface area contributed by atoms with Crippen molar-refractivity contribution in [2.24, 2.45) is 0 Å². The fourth-order valence-electron chi connectivity index (χ4n) is 3.48. The van der Waals surface area contributed by atoms with Crippen molar-refractivity contribution in [1.29, 1.82) is 0 Å². The first-order chi connectivity index (χ1) is 14.6. The van der Waals surface area contributed by atoms with Gasteiger partial charge in [0, 0.05) is 22.6 Å². The van der Waals surface area contributed by atoms with E-state index >= 15 is 0 Å². The first-order valence-electron chi connectivity index (χ1n) is 9.73. The molecule has 4 rings (SSSR count). The number of aryl methyl sites for hydroxylation is 2. The molecule has 0 unspecified atom stereocenters. The van der Waals surface area contributed by atoms with Gasteiger partial charge < -0.3 is 4.90 Å². The van der Waals surface area contributed by atoms with Crippen molar-refractivity contribution in [3.63, 3.8) is 0 Å². The number of rotatable bonds is 6. The standard InChI is InChI=1S/C23H23N5OS/c1-16-20(17(2)28-22(24-16)25-23(26-28)30-3)14-21(29)27(19-12-8-5-9-13-19)15-18-10-6-4-7-11-18/h4-13H,14-15H2,1-3H3. The number of carbonyl (C=O) groups is 1. The number of anilines is 1. The molecule has 152 valence electrons. The summed E-state index contributed by atoms with van der Waals surface area (Å²) >= 11 is 1.47. The lowest BCUT2D eigenvalue weighted by Crippen LogP contribution is -2.32. The molecule has 0 fully saturated rings. The van der Waals surface area contributed by atoms with E-state index < -0.39 is 0 Å². The maximum atomic E-state index is 13.5. The third kappa shape index (κ3) is 4.07. The number of carbonyl (C=O) groups excluding carboxylic acids is 1. The van der Waals surface area contributed by atoms with E-state index in [2.05, 4.69) is 15.1 Å². The number of aromatic nitrogens is 4. The van der Waals surface area contributed by atoms with Gasteiger partial charge in [-0.1, -0.05) is 60.3 Å². The summed E-state index contributed by atoms with van der Waals surface area (Å²) in [6, 6.07) is 19.8. The SMILES string of the molecule is CSc1nc2nc(C)c(CC(=O)N(Cc3ccccc3)c3ccccc3)c(C)n2n1. The van der Waals surface area contributed by atoms with Gasteiger partial charge in [-0.2, -0.15) is 4.98 Å². The number of thioether (sulfide) groups is 1. The van der Waals surface area contributed by atoms with Gasteiger partial charge in [0.1, 0.15) is 0 Å². The summed E-state index contributed by atoms with van der Waals surface area (Å²) in [7, 11) is 0. The van der Waals surface area contributed by atoms with Gasteiger partial charge in [0.25, 0.3) is 5.78 Å². The Morgan fingerprint density at radius 1 is 1.00 bits per heavy atom. The molecule has 4 aromatic rings. The number of nitrogens with zero attached hydrogens (tertiary/aromatic N) is 5. The van der Waals surface area contributed by atoms with Crippen LogP contribution >= 0.6 is 11.8 Å². The summed E-state index contributed by atoms with van der Waals surface area (Å²) in [5.74, 6) is 0.581. The molecule has 1 amide bonds. The average molecular weight is 418 g/mol. The van der Waals surface area contributed by atoms with Crippen molar-refractivity contribution in [3.05, 3.63) is 83.2 Å². The van der Waals surface area contributed by atoms with Crippen molar-refractivity contribution < 1.29 is 4.79 Å². The van der Waals surface area contributed by atoms with E-state index in [9.17, 15) is 4.79 Å². The summed E-state index contributed by atoms with van der Waals surface area (Å²) in [5.41, 5.74) is 4.55. The van der Waals surface area contributed by atoms with Crippen LogP contribution in [-0.4, -0.2) is 31.7 Å². The highest BCUT2D eigenvalue weighted by Gasteiger charge is 2.21. The zero-order chi connectivity index (χ0) is 21.1. The lowest BCUT2D eigenvalue weighted by molar-refractivity contribution is -0.118. The van der Waals surface area contributed by atoms with Crippen LogP contribution in [0.15, 0.2) is 65.8 Å². The van der Waals surface area contributed by atoms with E-state index in [4.69, 9.17) is 0 Å². The van der Waals surface area contributed by atoms with Gasteiger partial charge in [-0.15, -0.1) is 5.10 Å². The number of para-hydroxylation sites is 1. The van der Waals surface area contributed by atoms with E-state index in [1.807, 2.05) is 85.7 Å². The van der Waals surface area contributed by atoms with Crippen LogP contribution < -0.4 is 4.90 Å². The summed E-state index contributed by atoms with van der Waals surface area (Å²) in [4.78, 5) is 24.3. The smallest absolute Gasteiger partial charge is 0.253 e. The lowest BCUT2D eigenvalue weighted by atomic mass is 10.1. The quantitative estimate of drug-likeness (QED) is 0.439. The molecule has 0 radical (unpaired) electrons. The van der Waals surface area contributed by atoms with E-state index in [0.717, 1.165) is 28.2 Å². The summed E-state index contributed by atoms with van der Waals surface area (Å²) in [6.07, 6.45) is 2.18. The van der Waals surface area contributed by atoms with Crippen molar-refractivity contribution in [2.45, 2.75) is 32.0 Å². The van der Waals surface area contributed by atoms with E-state index in [1.54, 1.807) is 4.52 Å². The highest BCUT2D eigenvalue weighted by molar-refractivity contribution is 7.98. The second-order valence-electron chi connectivity index (χ2n) is 7.05. The van der Waals surface area contributed by atoms with Crippen molar-refractivity contribution in [2.75, 3.05) is 11.2 Å². The lowest BCUT2D eigenvalue weighted by Gasteiger charge is -2.24. The van der Waals surface area contributed by atoms with E-state index in [0.29, 0.717) is 17.5 Å². The second kappa shape index (κ2) is 8.67. The molecule has 0 bridgehead atoms. The molecule has 0 saturated heterocycles. The van der Waals surface area contributed by atoms with E-state index in [1.165, 1.54) is 11.8 Å². The third-order valence-electron chi connectivity index (χ3n) is 5.09. The Hall–Kier alpha value is -3.19. The molecular weight excluding hydrogens is 394 g/mol. The van der Waals surface area contributed by atoms with Crippen LogP contribution in [0.3, 0.4) is 0 Å². The van der Waals surface area contributed by atoms with Gasteiger partial charge in [-0.3, -0.25) is 4.79 Å². The Labute approximate surface area is 180 Å². The fraction of sp³-hybridized carbons (Fsp3) is 0.217. The first kappa shape index (κ1) is 20.1. The molecule has 0 spiro atoms. The molecule has 0 aliphatic rings. The first-order valence-corrected chi connectivity index (χ1v) is 11.0. The normalized spacial score (nSPS) is 11.0. The van der Waals surface area contributed by atoms with Crippen molar-refractivity contribution >= 4 is 29.1 Å². The average Bonchev–Trinajstić information content (AvgIpc) is 3.19. The minimum absolute atomic E-state index is 0.0163. The molecule has 2 heterocycles. The van der Waals surface area contributed by atoms with Crippen LogP contribution in [0.4, 0.5) is 5.69 Å². The Morgan fingerprint density at radius 2 is 1.67 bits per heavy atom. The molecule has 7 heteroatoms. The number of fused-ring (bicyclic) bond motifs is 1. The highest BCUT2D eigenvalue weighted by atomic mass is 32.2. The zero-order valence-corrected chi connectivity index (χ0v) is 18.1. The van der Waals surface area contributed by atoms with Crippen LogP contribution in [-0.2, 0) is 17.8 Å². The summed E-state index contributed by atoms with van der Waals surface area (Å²) in [5, 5.41) is 5.16. The maximum Gasteiger partial charge on any atom is 0.253 e. The second-order valence-corrected chi connectivity index (χ2v) is 7.82. The number of hydrogen-bond donors (Lipinski definition) is 0. The molecule has 0 aliphatic heterocycles. The molecule has 0 saturated carbocycles. The molecule has 2 aromatic heterocycles. The van der Waals surface area contributed by atoms with Gasteiger partial charge >= 0.3 is 0 Å². The van der Waals surface area contributed by atoms with E-state index in [-0.39, 0.29) is 12.3 Å². The number of amides is 1. The molecule has 0 aliphatic carbocycles. The van der Waals surface area contributed by atoms with Crippen LogP contribution in [0.25, 0.3) is 5.78 Å². The largest absolute Gasteiger partial charge is 0.308 e. The number of benzene rings is 2. The Kier molecular flexibility index (Phi) is 5.81. The molecule has 6 nitrogen and oxygen atoms in total. The van der Waals surface area contributed by atoms with Gasteiger partial charge in [0.05, 0.1) is 13.0 Å². The molecule has 0 N–H and O–H groups in total. The van der Waals surface area contributed by atoms with Crippen LogP contribution in [0, 0.1) is 13.8 Å². The minimum atomic E-state index is 0.0163. The molecule has 2 aromatic carbocycles.